The maximum Gasteiger partial charge on any atom is 0.222 e. The molecular formula is C14H13F2N5O. The first-order chi connectivity index (χ1) is 10.5. The molecule has 0 radical (unpaired) electrons. The van der Waals surface area contributed by atoms with E-state index in [1.165, 1.54) is 6.07 Å². The van der Waals surface area contributed by atoms with E-state index in [0.717, 1.165) is 6.07 Å². The van der Waals surface area contributed by atoms with Crippen molar-refractivity contribution in [2.75, 3.05) is 18.1 Å². The van der Waals surface area contributed by atoms with Crippen LogP contribution in [-0.2, 0) is 0 Å². The maximum absolute atomic E-state index is 13.7. The number of ether oxygens (including phenoxy) is 1. The Balaban J connectivity index is 2.63. The van der Waals surface area contributed by atoms with Gasteiger partial charge in [0.25, 0.3) is 0 Å². The second-order valence-electron chi connectivity index (χ2n) is 4.42. The van der Waals surface area contributed by atoms with Crippen molar-refractivity contribution in [2.24, 2.45) is 0 Å². The molecule has 0 fully saturated rings. The number of nitrogen functional groups attached to an aromatic ring is 2. The normalized spacial score (nSPS) is 10.3. The summed E-state index contributed by atoms with van der Waals surface area (Å²) in [6.07, 6.45) is 0.627. The standard InChI is InChI=1S/C14H13F2N5O/c1-2-3-22-10-5-7(4-9(15)11(10)16)12-8(6-17)13(18)21-14(19)20-12/h4-5H,2-3H2,1H3,(H4,18,19,20,21). The van der Waals surface area contributed by atoms with Crippen molar-refractivity contribution in [1.29, 1.82) is 5.26 Å². The molecule has 0 atom stereocenters. The van der Waals surface area contributed by atoms with Crippen LogP contribution in [0, 0.1) is 23.0 Å². The number of nitrogens with zero attached hydrogens (tertiary/aromatic N) is 3. The minimum Gasteiger partial charge on any atom is -0.490 e. The van der Waals surface area contributed by atoms with Crippen LogP contribution in [-0.4, -0.2) is 16.6 Å². The van der Waals surface area contributed by atoms with Crippen LogP contribution in [0.3, 0.4) is 0 Å². The summed E-state index contributed by atoms with van der Waals surface area (Å²) in [5.41, 5.74) is 11.2. The molecule has 0 unspecified atom stereocenters. The summed E-state index contributed by atoms with van der Waals surface area (Å²) in [5, 5.41) is 9.14. The summed E-state index contributed by atoms with van der Waals surface area (Å²) >= 11 is 0. The van der Waals surface area contributed by atoms with Crippen LogP contribution in [0.5, 0.6) is 5.75 Å². The van der Waals surface area contributed by atoms with Crippen LogP contribution < -0.4 is 16.2 Å². The first-order valence-electron chi connectivity index (χ1n) is 6.43. The Hall–Kier alpha value is -2.95. The van der Waals surface area contributed by atoms with Crippen LogP contribution in [0.4, 0.5) is 20.5 Å². The van der Waals surface area contributed by atoms with Crippen molar-refractivity contribution in [3.63, 3.8) is 0 Å². The van der Waals surface area contributed by atoms with Crippen LogP contribution in [0.2, 0.25) is 0 Å². The van der Waals surface area contributed by atoms with Crippen molar-refractivity contribution >= 4 is 11.8 Å². The first kappa shape index (κ1) is 15.4. The van der Waals surface area contributed by atoms with Crippen LogP contribution >= 0.6 is 0 Å². The molecule has 6 nitrogen and oxygen atoms in total. The van der Waals surface area contributed by atoms with E-state index in [9.17, 15) is 8.78 Å². The fraction of sp³-hybridized carbons (Fsp3) is 0.214. The molecule has 0 spiro atoms. The smallest absolute Gasteiger partial charge is 0.222 e. The Morgan fingerprint density at radius 1 is 1.27 bits per heavy atom. The van der Waals surface area contributed by atoms with E-state index in [4.69, 9.17) is 21.5 Å². The molecule has 1 aromatic carbocycles. The minimum absolute atomic E-state index is 0.0211. The average molecular weight is 305 g/mol. The SMILES string of the molecule is CCCOc1cc(-c2nc(N)nc(N)c2C#N)cc(F)c1F. The first-order valence-corrected chi connectivity index (χ1v) is 6.43. The molecule has 4 N–H and O–H groups in total. The topological polar surface area (TPSA) is 111 Å². The molecule has 8 heteroatoms. The van der Waals surface area contributed by atoms with Gasteiger partial charge in [-0.2, -0.15) is 14.6 Å². The second kappa shape index (κ2) is 6.22. The summed E-state index contributed by atoms with van der Waals surface area (Å²) in [6, 6.07) is 3.97. The fourth-order valence-corrected chi connectivity index (χ4v) is 1.83. The number of nitrogens with two attached hydrogens (primary N) is 2. The number of rotatable bonds is 4. The second-order valence-corrected chi connectivity index (χ2v) is 4.42. The van der Waals surface area contributed by atoms with Crippen molar-refractivity contribution in [3.05, 3.63) is 29.3 Å². The van der Waals surface area contributed by atoms with Gasteiger partial charge in [0.2, 0.25) is 11.8 Å². The highest BCUT2D eigenvalue weighted by Crippen LogP contribution is 2.31. The highest BCUT2D eigenvalue weighted by molar-refractivity contribution is 5.74. The third-order valence-electron chi connectivity index (χ3n) is 2.80. The number of anilines is 2. The fourth-order valence-electron chi connectivity index (χ4n) is 1.83. The van der Waals surface area contributed by atoms with Crippen LogP contribution in [0.15, 0.2) is 12.1 Å². The molecule has 0 aliphatic carbocycles. The van der Waals surface area contributed by atoms with Gasteiger partial charge in [0.1, 0.15) is 17.5 Å². The van der Waals surface area contributed by atoms with E-state index in [0.29, 0.717) is 6.42 Å². The van der Waals surface area contributed by atoms with E-state index < -0.39 is 11.6 Å². The van der Waals surface area contributed by atoms with Gasteiger partial charge in [0.05, 0.1) is 12.3 Å². The summed E-state index contributed by atoms with van der Waals surface area (Å²) in [4.78, 5) is 7.55. The predicted molar refractivity (Wildman–Crippen MR) is 76.7 cm³/mol. The Bertz CT molecular complexity index is 758. The van der Waals surface area contributed by atoms with Crippen molar-refractivity contribution in [1.82, 2.24) is 9.97 Å². The van der Waals surface area contributed by atoms with Crippen molar-refractivity contribution in [3.8, 4) is 23.1 Å². The summed E-state index contributed by atoms with van der Waals surface area (Å²) in [7, 11) is 0. The summed E-state index contributed by atoms with van der Waals surface area (Å²) in [5.74, 6) is -2.80. The number of aromatic nitrogens is 2. The molecule has 0 bridgehead atoms. The van der Waals surface area contributed by atoms with Gasteiger partial charge in [0.15, 0.2) is 11.6 Å². The molecular weight excluding hydrogens is 292 g/mol. The van der Waals surface area contributed by atoms with Crippen molar-refractivity contribution in [2.45, 2.75) is 13.3 Å². The van der Waals surface area contributed by atoms with Crippen LogP contribution in [0.25, 0.3) is 11.3 Å². The van der Waals surface area contributed by atoms with Gasteiger partial charge in [-0.3, -0.25) is 0 Å². The zero-order valence-electron chi connectivity index (χ0n) is 11.7. The molecule has 2 aromatic rings. The van der Waals surface area contributed by atoms with E-state index in [1.807, 2.05) is 13.0 Å². The molecule has 114 valence electrons. The van der Waals surface area contributed by atoms with Gasteiger partial charge in [-0.15, -0.1) is 0 Å². The monoisotopic (exact) mass is 305 g/mol. The molecule has 22 heavy (non-hydrogen) atoms. The third-order valence-corrected chi connectivity index (χ3v) is 2.80. The number of hydrogen-bond acceptors (Lipinski definition) is 6. The minimum atomic E-state index is -1.12. The highest BCUT2D eigenvalue weighted by Gasteiger charge is 2.18. The van der Waals surface area contributed by atoms with E-state index in [1.54, 1.807) is 0 Å². The lowest BCUT2D eigenvalue weighted by atomic mass is 10.1. The van der Waals surface area contributed by atoms with Crippen LogP contribution in [0.1, 0.15) is 18.9 Å². The Morgan fingerprint density at radius 3 is 2.64 bits per heavy atom. The zero-order valence-corrected chi connectivity index (χ0v) is 11.7. The number of hydrogen-bond donors (Lipinski definition) is 2. The highest BCUT2D eigenvalue weighted by atomic mass is 19.2. The molecule has 0 amide bonds. The Morgan fingerprint density at radius 2 is 2.00 bits per heavy atom. The van der Waals surface area contributed by atoms with Gasteiger partial charge in [-0.1, -0.05) is 6.92 Å². The molecule has 1 heterocycles. The average Bonchev–Trinajstić information content (AvgIpc) is 2.48. The Kier molecular flexibility index (Phi) is 4.36. The summed E-state index contributed by atoms with van der Waals surface area (Å²) < 4.78 is 32.6. The number of benzene rings is 1. The molecule has 0 saturated heterocycles. The maximum atomic E-state index is 13.7. The van der Waals surface area contributed by atoms with Gasteiger partial charge >= 0.3 is 0 Å². The molecule has 0 aliphatic rings. The van der Waals surface area contributed by atoms with E-state index >= 15 is 0 Å². The largest absolute Gasteiger partial charge is 0.490 e. The molecule has 0 aliphatic heterocycles. The zero-order chi connectivity index (χ0) is 16.3. The number of nitriles is 1. The lowest BCUT2D eigenvalue weighted by Gasteiger charge is -2.11. The molecule has 1 aromatic heterocycles. The van der Waals surface area contributed by atoms with E-state index in [2.05, 4.69) is 9.97 Å². The molecule has 0 saturated carbocycles. The Labute approximate surface area is 125 Å². The van der Waals surface area contributed by atoms with Crippen molar-refractivity contribution < 1.29 is 13.5 Å². The van der Waals surface area contributed by atoms with Gasteiger partial charge in [-0.05, 0) is 18.6 Å². The van der Waals surface area contributed by atoms with E-state index in [-0.39, 0.29) is 40.9 Å². The van der Waals surface area contributed by atoms with Gasteiger partial charge in [0, 0.05) is 5.56 Å². The quantitative estimate of drug-likeness (QED) is 0.896. The van der Waals surface area contributed by atoms with Gasteiger partial charge < -0.3 is 16.2 Å². The summed E-state index contributed by atoms with van der Waals surface area (Å²) in [6.45, 7) is 2.05. The lowest BCUT2D eigenvalue weighted by molar-refractivity contribution is 0.295. The van der Waals surface area contributed by atoms with Gasteiger partial charge in [-0.25, -0.2) is 9.37 Å². The predicted octanol–water partition coefficient (Wildman–Crippen LogP) is 2.25. The lowest BCUT2D eigenvalue weighted by Crippen LogP contribution is -2.06. The molecule has 2 rings (SSSR count). The number of halogens is 2. The third kappa shape index (κ3) is 2.88.